The molecular weight excluding hydrogens is 150 g/mol. The third-order valence-corrected chi connectivity index (χ3v) is 0.928. The van der Waals surface area contributed by atoms with E-state index in [1.54, 1.807) is 0 Å². The summed E-state index contributed by atoms with van der Waals surface area (Å²) < 4.78 is 0. The lowest BCUT2D eigenvalue weighted by atomic mass is 10.2. The van der Waals surface area contributed by atoms with Crippen molar-refractivity contribution in [3.63, 3.8) is 0 Å². The summed E-state index contributed by atoms with van der Waals surface area (Å²) in [5.74, 6) is -1.38. The molecule has 0 bridgehead atoms. The summed E-state index contributed by atoms with van der Waals surface area (Å²) in [6.45, 7) is -0.260. The van der Waals surface area contributed by atoms with Crippen molar-refractivity contribution in [1.82, 2.24) is 0 Å². The van der Waals surface area contributed by atoms with Gasteiger partial charge in [-0.1, -0.05) is 5.11 Å². The van der Waals surface area contributed by atoms with Gasteiger partial charge in [0.1, 0.15) is 5.78 Å². The molecule has 0 amide bonds. The average Bonchev–Trinajstić information content (AvgIpc) is 1.97. The zero-order valence-electron chi connectivity index (χ0n) is 5.73. The maximum atomic E-state index is 10.6. The molecule has 0 aliphatic rings. The van der Waals surface area contributed by atoms with Crippen molar-refractivity contribution in [2.75, 3.05) is 6.54 Å². The minimum absolute atomic E-state index is 0.0750. The van der Waals surface area contributed by atoms with Gasteiger partial charge in [-0.15, -0.1) is 0 Å². The fraction of sp³-hybridized carbons (Fsp3) is 0.600. The van der Waals surface area contributed by atoms with Crippen LogP contribution in [0, 0.1) is 0 Å². The highest BCUT2D eigenvalue weighted by Crippen LogP contribution is 1.91. The zero-order valence-corrected chi connectivity index (χ0v) is 5.73. The molecule has 0 aliphatic heterocycles. The van der Waals surface area contributed by atoms with E-state index in [-0.39, 0.29) is 25.2 Å². The van der Waals surface area contributed by atoms with Crippen LogP contribution in [0.2, 0.25) is 0 Å². The van der Waals surface area contributed by atoms with Gasteiger partial charge in [-0.2, -0.15) is 0 Å². The second kappa shape index (κ2) is 5.25. The number of azide groups is 1. The first-order chi connectivity index (χ1) is 5.16. The van der Waals surface area contributed by atoms with E-state index in [4.69, 9.17) is 10.6 Å². The molecule has 0 saturated carbocycles. The molecule has 0 aliphatic carbocycles. The first-order valence-electron chi connectivity index (χ1n) is 2.91. The third kappa shape index (κ3) is 6.33. The molecule has 0 aromatic heterocycles. The molecule has 6 heteroatoms. The summed E-state index contributed by atoms with van der Waals surface area (Å²) >= 11 is 0. The van der Waals surface area contributed by atoms with Gasteiger partial charge in [0.2, 0.25) is 0 Å². The lowest BCUT2D eigenvalue weighted by Crippen LogP contribution is -2.05. The van der Waals surface area contributed by atoms with Gasteiger partial charge in [0, 0.05) is 11.3 Å². The lowest BCUT2D eigenvalue weighted by molar-refractivity contribution is -0.138. The number of ketones is 1. The summed E-state index contributed by atoms with van der Waals surface area (Å²) in [7, 11) is 0. The molecule has 0 saturated heterocycles. The van der Waals surface area contributed by atoms with Crippen molar-refractivity contribution in [2.45, 2.75) is 12.8 Å². The topological polar surface area (TPSA) is 103 Å². The Bertz CT molecular complexity index is 207. The Hall–Kier alpha value is -1.55. The van der Waals surface area contributed by atoms with E-state index in [1.807, 2.05) is 0 Å². The third-order valence-electron chi connectivity index (χ3n) is 0.928. The molecule has 6 nitrogen and oxygen atoms in total. The summed E-state index contributed by atoms with van der Waals surface area (Å²) in [6, 6.07) is 0. The Balaban J connectivity index is 3.53. The number of nitrogens with zero attached hydrogens (tertiary/aromatic N) is 3. The van der Waals surface area contributed by atoms with Crippen molar-refractivity contribution in [1.29, 1.82) is 0 Å². The van der Waals surface area contributed by atoms with Crippen molar-refractivity contribution in [3.05, 3.63) is 10.4 Å². The van der Waals surface area contributed by atoms with Gasteiger partial charge < -0.3 is 5.11 Å². The average molecular weight is 157 g/mol. The summed E-state index contributed by atoms with van der Waals surface area (Å²) in [6.07, 6.45) is -0.284. The highest BCUT2D eigenvalue weighted by atomic mass is 16.4. The molecule has 0 heterocycles. The predicted octanol–water partition coefficient (Wildman–Crippen LogP) is 0.731. The standard InChI is InChI=1S/C5H7N3O3/c6-8-7-3-4(9)1-2-5(10)11/h1-3H2,(H,10,11). The second-order valence-corrected chi connectivity index (χ2v) is 1.82. The van der Waals surface area contributed by atoms with E-state index in [9.17, 15) is 9.59 Å². The van der Waals surface area contributed by atoms with E-state index in [1.165, 1.54) is 0 Å². The molecular formula is C5H7N3O3. The number of Topliss-reactive ketones (excluding diaryl/α,β-unsaturated/α-hetero) is 1. The van der Waals surface area contributed by atoms with Crippen LogP contribution in [-0.2, 0) is 9.59 Å². The largest absolute Gasteiger partial charge is 0.481 e. The molecule has 0 rings (SSSR count). The molecule has 0 aromatic carbocycles. The second-order valence-electron chi connectivity index (χ2n) is 1.82. The van der Waals surface area contributed by atoms with Crippen LogP contribution in [0.15, 0.2) is 5.11 Å². The van der Waals surface area contributed by atoms with E-state index in [0.717, 1.165) is 0 Å². The van der Waals surface area contributed by atoms with Crippen LogP contribution in [0.4, 0.5) is 0 Å². The molecule has 0 radical (unpaired) electrons. The Kier molecular flexibility index (Phi) is 4.51. The smallest absolute Gasteiger partial charge is 0.303 e. The number of hydrogen-bond acceptors (Lipinski definition) is 3. The van der Waals surface area contributed by atoms with Crippen LogP contribution in [0.1, 0.15) is 12.8 Å². The summed E-state index contributed by atoms with van der Waals surface area (Å²) in [4.78, 5) is 22.9. The van der Waals surface area contributed by atoms with Gasteiger partial charge >= 0.3 is 5.97 Å². The van der Waals surface area contributed by atoms with E-state index < -0.39 is 5.97 Å². The normalized spacial score (nSPS) is 8.36. The van der Waals surface area contributed by atoms with Gasteiger partial charge in [-0.3, -0.25) is 9.59 Å². The number of carboxylic acid groups (broad SMARTS) is 1. The Morgan fingerprint density at radius 3 is 2.55 bits per heavy atom. The zero-order chi connectivity index (χ0) is 8.69. The lowest BCUT2D eigenvalue weighted by Gasteiger charge is -1.90. The molecule has 0 fully saturated rings. The Morgan fingerprint density at radius 2 is 2.09 bits per heavy atom. The Morgan fingerprint density at radius 1 is 1.45 bits per heavy atom. The van der Waals surface area contributed by atoms with Crippen LogP contribution in [-0.4, -0.2) is 23.4 Å². The number of carboxylic acids is 1. The molecule has 11 heavy (non-hydrogen) atoms. The fourth-order valence-corrected chi connectivity index (χ4v) is 0.436. The predicted molar refractivity (Wildman–Crippen MR) is 35.9 cm³/mol. The van der Waals surface area contributed by atoms with Crippen LogP contribution >= 0.6 is 0 Å². The summed E-state index contributed by atoms with van der Waals surface area (Å²) in [5.41, 5.74) is 7.78. The molecule has 0 aromatic rings. The highest BCUT2D eigenvalue weighted by molar-refractivity contribution is 5.83. The monoisotopic (exact) mass is 157 g/mol. The van der Waals surface area contributed by atoms with Crippen molar-refractivity contribution < 1.29 is 14.7 Å². The molecule has 1 N–H and O–H groups in total. The van der Waals surface area contributed by atoms with Gasteiger partial charge in [0.05, 0.1) is 13.0 Å². The number of hydrogen-bond donors (Lipinski definition) is 1. The molecule has 0 spiro atoms. The first kappa shape index (κ1) is 9.45. The SMILES string of the molecule is [N-]=[N+]=NCC(=O)CCC(=O)O. The van der Waals surface area contributed by atoms with E-state index in [2.05, 4.69) is 10.0 Å². The van der Waals surface area contributed by atoms with Gasteiger partial charge in [-0.25, -0.2) is 0 Å². The van der Waals surface area contributed by atoms with Crippen LogP contribution in [0.3, 0.4) is 0 Å². The van der Waals surface area contributed by atoms with Crippen molar-refractivity contribution in [3.8, 4) is 0 Å². The number of carbonyl (C=O) groups is 2. The maximum Gasteiger partial charge on any atom is 0.303 e. The summed E-state index contributed by atoms with van der Waals surface area (Å²) in [5, 5.41) is 11.1. The van der Waals surface area contributed by atoms with Crippen LogP contribution in [0.5, 0.6) is 0 Å². The number of rotatable bonds is 5. The van der Waals surface area contributed by atoms with Crippen LogP contribution in [0.25, 0.3) is 10.4 Å². The van der Waals surface area contributed by atoms with E-state index >= 15 is 0 Å². The Labute approximate surface area is 62.5 Å². The minimum atomic E-state index is -1.03. The van der Waals surface area contributed by atoms with Crippen molar-refractivity contribution >= 4 is 11.8 Å². The fourth-order valence-electron chi connectivity index (χ4n) is 0.436. The van der Waals surface area contributed by atoms with Gasteiger partial charge in [0.25, 0.3) is 0 Å². The quantitative estimate of drug-likeness (QED) is 0.361. The van der Waals surface area contributed by atoms with E-state index in [0.29, 0.717) is 0 Å². The maximum absolute atomic E-state index is 10.6. The molecule has 0 atom stereocenters. The number of carbonyl (C=O) groups excluding carboxylic acids is 1. The molecule has 60 valence electrons. The van der Waals surface area contributed by atoms with Crippen LogP contribution < -0.4 is 0 Å². The minimum Gasteiger partial charge on any atom is -0.481 e. The molecule has 0 unspecified atom stereocenters. The van der Waals surface area contributed by atoms with Gasteiger partial charge in [-0.05, 0) is 5.53 Å². The first-order valence-corrected chi connectivity index (χ1v) is 2.91. The van der Waals surface area contributed by atoms with Crippen molar-refractivity contribution in [2.24, 2.45) is 5.11 Å². The van der Waals surface area contributed by atoms with Gasteiger partial charge in [0.15, 0.2) is 0 Å². The highest BCUT2D eigenvalue weighted by Gasteiger charge is 2.03. The number of aliphatic carboxylic acids is 1.